The standard InChI is InChI=1S/C19H28O4/c1-4-11-21-16-10-9-15(17(20)14-7-8-14)18(22-12-5-2)19(16)23-13-6-3/h9-10,14H,4-8,11-13H2,1-3H3. The van der Waals surface area contributed by atoms with Gasteiger partial charge in [0.15, 0.2) is 17.3 Å². The summed E-state index contributed by atoms with van der Waals surface area (Å²) in [5.74, 6) is 2.13. The Balaban J connectivity index is 2.38. The maximum Gasteiger partial charge on any atom is 0.204 e. The van der Waals surface area contributed by atoms with Crippen LogP contribution in [0.3, 0.4) is 0 Å². The molecule has 0 atom stereocenters. The third kappa shape index (κ3) is 4.63. The zero-order valence-electron chi connectivity index (χ0n) is 14.5. The second-order valence-electron chi connectivity index (χ2n) is 5.95. The normalized spacial score (nSPS) is 13.7. The molecule has 0 aliphatic heterocycles. The summed E-state index contributed by atoms with van der Waals surface area (Å²) in [4.78, 5) is 12.6. The van der Waals surface area contributed by atoms with Gasteiger partial charge in [-0.25, -0.2) is 0 Å². The lowest BCUT2D eigenvalue weighted by atomic mass is 10.0. The smallest absolute Gasteiger partial charge is 0.204 e. The van der Waals surface area contributed by atoms with Crippen molar-refractivity contribution in [2.75, 3.05) is 19.8 Å². The second kappa shape index (κ2) is 8.80. The van der Waals surface area contributed by atoms with Crippen LogP contribution in [0.2, 0.25) is 0 Å². The number of ketones is 1. The fraction of sp³-hybridized carbons (Fsp3) is 0.632. The first kappa shape index (κ1) is 17.6. The van der Waals surface area contributed by atoms with Gasteiger partial charge >= 0.3 is 0 Å². The molecule has 0 heterocycles. The van der Waals surface area contributed by atoms with E-state index < -0.39 is 0 Å². The van der Waals surface area contributed by atoms with Gasteiger partial charge < -0.3 is 14.2 Å². The van der Waals surface area contributed by atoms with E-state index in [1.165, 1.54) is 0 Å². The maximum absolute atomic E-state index is 12.6. The van der Waals surface area contributed by atoms with E-state index in [-0.39, 0.29) is 11.7 Å². The van der Waals surface area contributed by atoms with Gasteiger partial charge in [0.25, 0.3) is 0 Å². The summed E-state index contributed by atoms with van der Waals surface area (Å²) in [6.45, 7) is 7.92. The van der Waals surface area contributed by atoms with Crippen LogP contribution in [0.15, 0.2) is 12.1 Å². The molecule has 0 saturated heterocycles. The zero-order chi connectivity index (χ0) is 16.7. The molecule has 0 bridgehead atoms. The van der Waals surface area contributed by atoms with Crippen molar-refractivity contribution < 1.29 is 19.0 Å². The van der Waals surface area contributed by atoms with Crippen LogP contribution in [-0.4, -0.2) is 25.6 Å². The average molecular weight is 320 g/mol. The Morgan fingerprint density at radius 1 is 0.913 bits per heavy atom. The molecule has 1 saturated carbocycles. The van der Waals surface area contributed by atoms with E-state index in [2.05, 4.69) is 13.8 Å². The van der Waals surface area contributed by atoms with Crippen LogP contribution in [0, 0.1) is 5.92 Å². The van der Waals surface area contributed by atoms with Crippen molar-refractivity contribution >= 4 is 5.78 Å². The summed E-state index contributed by atoms with van der Waals surface area (Å²) in [5, 5.41) is 0. The van der Waals surface area contributed by atoms with Crippen LogP contribution in [-0.2, 0) is 0 Å². The number of carbonyl (C=O) groups excluding carboxylic acids is 1. The van der Waals surface area contributed by atoms with Gasteiger partial charge in [0.2, 0.25) is 5.75 Å². The third-order valence-electron chi connectivity index (χ3n) is 3.65. The first-order valence-corrected chi connectivity index (χ1v) is 8.82. The zero-order valence-corrected chi connectivity index (χ0v) is 14.5. The molecular weight excluding hydrogens is 292 g/mol. The van der Waals surface area contributed by atoms with Crippen LogP contribution < -0.4 is 14.2 Å². The first-order chi connectivity index (χ1) is 11.2. The van der Waals surface area contributed by atoms with Crippen LogP contribution in [0.1, 0.15) is 63.2 Å². The van der Waals surface area contributed by atoms with E-state index in [1.54, 1.807) is 0 Å². The van der Waals surface area contributed by atoms with Gasteiger partial charge in [0.1, 0.15) is 0 Å². The Bertz CT molecular complexity index is 520. The van der Waals surface area contributed by atoms with Gasteiger partial charge in [-0.1, -0.05) is 20.8 Å². The maximum atomic E-state index is 12.6. The van der Waals surface area contributed by atoms with Gasteiger partial charge in [0, 0.05) is 5.92 Å². The van der Waals surface area contributed by atoms with Crippen molar-refractivity contribution in [3.8, 4) is 17.2 Å². The largest absolute Gasteiger partial charge is 0.490 e. The lowest BCUT2D eigenvalue weighted by Crippen LogP contribution is -2.10. The molecular formula is C19H28O4. The highest BCUT2D eigenvalue weighted by Gasteiger charge is 2.34. The molecule has 1 aliphatic carbocycles. The van der Waals surface area contributed by atoms with E-state index >= 15 is 0 Å². The molecule has 1 aromatic rings. The summed E-state index contributed by atoms with van der Waals surface area (Å²) in [6, 6.07) is 3.67. The van der Waals surface area contributed by atoms with Gasteiger partial charge in [-0.2, -0.15) is 0 Å². The van der Waals surface area contributed by atoms with E-state index in [0.29, 0.717) is 42.6 Å². The third-order valence-corrected chi connectivity index (χ3v) is 3.65. The highest BCUT2D eigenvalue weighted by atomic mass is 16.5. The number of rotatable bonds is 11. The molecule has 0 amide bonds. The molecule has 0 radical (unpaired) electrons. The Labute approximate surface area is 139 Å². The number of carbonyl (C=O) groups is 1. The summed E-state index contributed by atoms with van der Waals surface area (Å²) in [7, 11) is 0. The Morgan fingerprint density at radius 2 is 1.48 bits per heavy atom. The minimum absolute atomic E-state index is 0.153. The van der Waals surface area contributed by atoms with Crippen LogP contribution in [0.25, 0.3) is 0 Å². The number of hydrogen-bond acceptors (Lipinski definition) is 4. The summed E-state index contributed by atoms with van der Waals surface area (Å²) in [5.41, 5.74) is 0.635. The average Bonchev–Trinajstić information content (AvgIpc) is 3.40. The lowest BCUT2D eigenvalue weighted by Gasteiger charge is -2.19. The minimum Gasteiger partial charge on any atom is -0.490 e. The molecule has 0 unspecified atom stereocenters. The highest BCUT2D eigenvalue weighted by molar-refractivity contribution is 6.02. The van der Waals surface area contributed by atoms with Crippen molar-refractivity contribution in [1.29, 1.82) is 0 Å². The SMILES string of the molecule is CCCOc1ccc(C(=O)C2CC2)c(OCCC)c1OCCC. The summed E-state index contributed by atoms with van der Waals surface area (Å²) in [6.07, 6.45) is 4.64. The molecule has 1 fully saturated rings. The van der Waals surface area contributed by atoms with Gasteiger partial charge in [0.05, 0.1) is 25.4 Å². The molecule has 0 N–H and O–H groups in total. The van der Waals surface area contributed by atoms with Crippen LogP contribution in [0.5, 0.6) is 17.2 Å². The van der Waals surface area contributed by atoms with Crippen molar-refractivity contribution in [3.63, 3.8) is 0 Å². The molecule has 2 rings (SSSR count). The summed E-state index contributed by atoms with van der Waals surface area (Å²) >= 11 is 0. The van der Waals surface area contributed by atoms with Crippen LogP contribution in [0.4, 0.5) is 0 Å². The first-order valence-electron chi connectivity index (χ1n) is 8.82. The second-order valence-corrected chi connectivity index (χ2v) is 5.95. The molecule has 4 heteroatoms. The van der Waals surface area contributed by atoms with Crippen molar-refractivity contribution in [2.45, 2.75) is 52.9 Å². The Morgan fingerprint density at radius 3 is 2.04 bits per heavy atom. The van der Waals surface area contributed by atoms with E-state index in [4.69, 9.17) is 14.2 Å². The Hall–Kier alpha value is -1.71. The fourth-order valence-electron chi connectivity index (χ4n) is 2.32. The molecule has 128 valence electrons. The van der Waals surface area contributed by atoms with Crippen LogP contribution >= 0.6 is 0 Å². The molecule has 0 spiro atoms. The molecule has 0 aromatic heterocycles. The quantitative estimate of drug-likeness (QED) is 0.557. The lowest BCUT2D eigenvalue weighted by molar-refractivity contribution is 0.0962. The number of ether oxygens (including phenoxy) is 3. The van der Waals surface area contributed by atoms with E-state index in [0.717, 1.165) is 32.1 Å². The van der Waals surface area contributed by atoms with E-state index in [1.807, 2.05) is 19.1 Å². The fourth-order valence-corrected chi connectivity index (χ4v) is 2.32. The van der Waals surface area contributed by atoms with Crippen molar-refractivity contribution in [1.82, 2.24) is 0 Å². The monoisotopic (exact) mass is 320 g/mol. The molecule has 1 aliphatic rings. The van der Waals surface area contributed by atoms with Gasteiger partial charge in [-0.05, 0) is 44.2 Å². The van der Waals surface area contributed by atoms with E-state index in [9.17, 15) is 4.79 Å². The predicted octanol–water partition coefficient (Wildman–Crippen LogP) is 4.65. The number of hydrogen-bond donors (Lipinski definition) is 0. The topological polar surface area (TPSA) is 44.8 Å². The molecule has 23 heavy (non-hydrogen) atoms. The number of Topliss-reactive ketones (excluding diaryl/α,β-unsaturated/α-hetero) is 1. The number of benzene rings is 1. The van der Waals surface area contributed by atoms with Crippen molar-refractivity contribution in [3.05, 3.63) is 17.7 Å². The minimum atomic E-state index is 0.153. The predicted molar refractivity (Wildman–Crippen MR) is 90.9 cm³/mol. The Kier molecular flexibility index (Phi) is 6.75. The van der Waals surface area contributed by atoms with Gasteiger partial charge in [-0.3, -0.25) is 4.79 Å². The molecule has 4 nitrogen and oxygen atoms in total. The highest BCUT2D eigenvalue weighted by Crippen LogP contribution is 2.44. The summed E-state index contributed by atoms with van der Waals surface area (Å²) < 4.78 is 17.6. The van der Waals surface area contributed by atoms with Crippen molar-refractivity contribution in [2.24, 2.45) is 5.92 Å². The van der Waals surface area contributed by atoms with Gasteiger partial charge in [-0.15, -0.1) is 0 Å². The molecule has 1 aromatic carbocycles.